The average Bonchev–Trinajstić information content (AvgIpc) is 2.64. The molecule has 0 saturated carbocycles. The van der Waals surface area contributed by atoms with Crippen LogP contribution in [0.1, 0.15) is 24.5 Å². The fraction of sp³-hybridized carbons (Fsp3) is 0.300. The van der Waals surface area contributed by atoms with E-state index in [-0.39, 0.29) is 24.4 Å². The Bertz CT molecular complexity index is 881. The van der Waals surface area contributed by atoms with Gasteiger partial charge < -0.3 is 14.8 Å². The molecule has 0 saturated heterocycles. The molecule has 1 amide bonds. The fourth-order valence-corrected chi connectivity index (χ4v) is 2.39. The van der Waals surface area contributed by atoms with Crippen molar-refractivity contribution in [2.24, 2.45) is 0 Å². The van der Waals surface area contributed by atoms with Gasteiger partial charge >= 0.3 is 5.97 Å². The van der Waals surface area contributed by atoms with Gasteiger partial charge in [-0.25, -0.2) is 0 Å². The van der Waals surface area contributed by atoms with Crippen LogP contribution < -0.4 is 10.1 Å². The molecule has 148 valence electrons. The van der Waals surface area contributed by atoms with Crippen LogP contribution >= 0.6 is 0 Å². The third-order valence-electron chi connectivity index (χ3n) is 3.94. The average molecular weight is 386 g/mol. The van der Waals surface area contributed by atoms with Crippen molar-refractivity contribution in [1.29, 1.82) is 0 Å². The van der Waals surface area contributed by atoms with Crippen LogP contribution in [0, 0.1) is 24.0 Å². The molecule has 1 atom stereocenters. The zero-order valence-corrected chi connectivity index (χ0v) is 15.9. The van der Waals surface area contributed by atoms with Gasteiger partial charge in [-0.15, -0.1) is 0 Å². The first-order valence-electron chi connectivity index (χ1n) is 8.71. The molecule has 0 aromatic heterocycles. The summed E-state index contributed by atoms with van der Waals surface area (Å²) in [5, 5.41) is 13.4. The molecule has 0 aliphatic heterocycles. The highest BCUT2D eigenvalue weighted by Gasteiger charge is 2.21. The molecule has 28 heavy (non-hydrogen) atoms. The number of esters is 1. The monoisotopic (exact) mass is 386 g/mol. The number of para-hydroxylation sites is 2. The van der Waals surface area contributed by atoms with E-state index in [1.165, 1.54) is 25.1 Å². The van der Waals surface area contributed by atoms with Crippen molar-refractivity contribution in [3.63, 3.8) is 0 Å². The Morgan fingerprint density at radius 1 is 1.18 bits per heavy atom. The van der Waals surface area contributed by atoms with Crippen LogP contribution in [0.2, 0.25) is 0 Å². The predicted molar refractivity (Wildman–Crippen MR) is 103 cm³/mol. The number of nitrogens with zero attached hydrogens (tertiary/aromatic N) is 1. The molecule has 2 aromatic rings. The number of carbonyl (C=O) groups is 2. The van der Waals surface area contributed by atoms with E-state index in [0.717, 1.165) is 11.1 Å². The van der Waals surface area contributed by atoms with Gasteiger partial charge in [0.2, 0.25) is 0 Å². The topological polar surface area (TPSA) is 108 Å². The molecule has 8 heteroatoms. The van der Waals surface area contributed by atoms with Gasteiger partial charge in [0.1, 0.15) is 11.4 Å². The molecule has 2 rings (SSSR count). The number of nitro groups is 1. The number of hydrogen-bond acceptors (Lipinski definition) is 6. The minimum atomic E-state index is -1.10. The summed E-state index contributed by atoms with van der Waals surface area (Å²) < 4.78 is 10.7. The standard InChI is InChI=1S/C20H22N2O6/c1-13-8-9-14(2)18(12-13)27-11-10-19(23)28-15(3)20(24)21-16-6-4-5-7-17(16)22(25)26/h4-9,12,15H,10-11H2,1-3H3,(H,21,24). The number of hydrogen-bond donors (Lipinski definition) is 1. The first-order chi connectivity index (χ1) is 13.3. The number of rotatable bonds is 8. The lowest BCUT2D eigenvalue weighted by molar-refractivity contribution is -0.383. The highest BCUT2D eigenvalue weighted by Crippen LogP contribution is 2.23. The molecule has 0 aliphatic rings. The van der Waals surface area contributed by atoms with E-state index in [1.54, 1.807) is 6.07 Å². The molecule has 1 N–H and O–H groups in total. The van der Waals surface area contributed by atoms with Gasteiger partial charge in [0.15, 0.2) is 6.10 Å². The SMILES string of the molecule is Cc1ccc(C)c(OCCC(=O)OC(C)C(=O)Nc2ccccc2[N+](=O)[O-])c1. The van der Waals surface area contributed by atoms with Crippen LogP contribution in [0.25, 0.3) is 0 Å². The second-order valence-electron chi connectivity index (χ2n) is 6.26. The molecule has 0 bridgehead atoms. The molecule has 2 aromatic carbocycles. The smallest absolute Gasteiger partial charge is 0.310 e. The normalized spacial score (nSPS) is 11.4. The zero-order valence-electron chi connectivity index (χ0n) is 15.9. The summed E-state index contributed by atoms with van der Waals surface area (Å²) in [6, 6.07) is 11.5. The Kier molecular flexibility index (Phi) is 7.08. The summed E-state index contributed by atoms with van der Waals surface area (Å²) in [6.07, 6.45) is -1.13. The molecule has 0 aliphatic carbocycles. The maximum atomic E-state index is 12.2. The van der Waals surface area contributed by atoms with Gasteiger partial charge in [-0.1, -0.05) is 24.3 Å². The van der Waals surface area contributed by atoms with Crippen LogP contribution in [0.4, 0.5) is 11.4 Å². The molecule has 0 heterocycles. The molecule has 0 spiro atoms. The van der Waals surface area contributed by atoms with Crippen molar-refractivity contribution >= 4 is 23.3 Å². The van der Waals surface area contributed by atoms with Gasteiger partial charge in [-0.05, 0) is 44.0 Å². The van der Waals surface area contributed by atoms with E-state index in [2.05, 4.69) is 5.32 Å². The molecule has 1 unspecified atom stereocenters. The third kappa shape index (κ3) is 5.80. The van der Waals surface area contributed by atoms with Crippen LogP contribution in [0.15, 0.2) is 42.5 Å². The van der Waals surface area contributed by atoms with Gasteiger partial charge in [-0.2, -0.15) is 0 Å². The summed E-state index contributed by atoms with van der Waals surface area (Å²) in [4.78, 5) is 34.5. The van der Waals surface area contributed by atoms with Gasteiger partial charge in [0, 0.05) is 6.07 Å². The van der Waals surface area contributed by atoms with E-state index in [9.17, 15) is 19.7 Å². The molecule has 0 fully saturated rings. The van der Waals surface area contributed by atoms with Gasteiger partial charge in [-0.3, -0.25) is 19.7 Å². The summed E-state index contributed by atoms with van der Waals surface area (Å²) in [7, 11) is 0. The van der Waals surface area contributed by atoms with E-state index < -0.39 is 22.9 Å². The molecule has 0 radical (unpaired) electrons. The lowest BCUT2D eigenvalue weighted by Gasteiger charge is -2.14. The van der Waals surface area contributed by atoms with Crippen molar-refractivity contribution < 1.29 is 24.0 Å². The fourth-order valence-electron chi connectivity index (χ4n) is 2.39. The summed E-state index contributed by atoms with van der Waals surface area (Å²) in [5.41, 5.74) is 1.80. The maximum Gasteiger partial charge on any atom is 0.310 e. The molecular weight excluding hydrogens is 364 g/mol. The van der Waals surface area contributed by atoms with Crippen molar-refractivity contribution in [1.82, 2.24) is 0 Å². The van der Waals surface area contributed by atoms with E-state index in [1.807, 2.05) is 32.0 Å². The quantitative estimate of drug-likeness (QED) is 0.422. The van der Waals surface area contributed by atoms with Crippen LogP contribution in [0.3, 0.4) is 0 Å². The number of nitrogens with one attached hydrogen (secondary N) is 1. The zero-order chi connectivity index (χ0) is 20.7. The second-order valence-corrected chi connectivity index (χ2v) is 6.26. The Morgan fingerprint density at radius 3 is 2.61 bits per heavy atom. The van der Waals surface area contributed by atoms with Crippen molar-refractivity contribution in [3.05, 3.63) is 63.7 Å². The third-order valence-corrected chi connectivity index (χ3v) is 3.94. The van der Waals surface area contributed by atoms with Gasteiger partial charge in [0.25, 0.3) is 11.6 Å². The highest BCUT2D eigenvalue weighted by atomic mass is 16.6. The van der Waals surface area contributed by atoms with Crippen LogP contribution in [-0.2, 0) is 14.3 Å². The Morgan fingerprint density at radius 2 is 1.89 bits per heavy atom. The number of nitro benzene ring substituents is 1. The summed E-state index contributed by atoms with van der Waals surface area (Å²) >= 11 is 0. The molecular formula is C20H22N2O6. The Hall–Kier alpha value is -3.42. The van der Waals surface area contributed by atoms with E-state index >= 15 is 0 Å². The Labute approximate surface area is 162 Å². The molecule has 8 nitrogen and oxygen atoms in total. The summed E-state index contributed by atoms with van der Waals surface area (Å²) in [6.45, 7) is 5.36. The lowest BCUT2D eigenvalue weighted by Crippen LogP contribution is -2.30. The highest BCUT2D eigenvalue weighted by molar-refractivity contribution is 5.96. The lowest BCUT2D eigenvalue weighted by atomic mass is 10.1. The second kappa shape index (κ2) is 9.50. The first kappa shape index (κ1) is 20.9. The van der Waals surface area contributed by atoms with Crippen LogP contribution in [0.5, 0.6) is 5.75 Å². The number of amides is 1. The number of aryl methyl sites for hydroxylation is 2. The van der Waals surface area contributed by atoms with Crippen molar-refractivity contribution in [2.75, 3.05) is 11.9 Å². The van der Waals surface area contributed by atoms with E-state index in [0.29, 0.717) is 5.75 Å². The first-order valence-corrected chi connectivity index (χ1v) is 8.71. The van der Waals surface area contributed by atoms with Crippen molar-refractivity contribution in [3.8, 4) is 5.75 Å². The Balaban J connectivity index is 1.84. The van der Waals surface area contributed by atoms with E-state index in [4.69, 9.17) is 9.47 Å². The minimum absolute atomic E-state index is 0.0313. The largest absolute Gasteiger partial charge is 0.493 e. The number of carbonyl (C=O) groups excluding carboxylic acids is 2. The van der Waals surface area contributed by atoms with Gasteiger partial charge in [0.05, 0.1) is 18.0 Å². The number of benzene rings is 2. The van der Waals surface area contributed by atoms with Crippen LogP contribution in [-0.4, -0.2) is 29.5 Å². The van der Waals surface area contributed by atoms with Crippen molar-refractivity contribution in [2.45, 2.75) is 33.3 Å². The minimum Gasteiger partial charge on any atom is -0.493 e. The number of anilines is 1. The maximum absolute atomic E-state index is 12.2. The summed E-state index contributed by atoms with van der Waals surface area (Å²) in [5.74, 6) is -0.566. The number of ether oxygens (including phenoxy) is 2. The predicted octanol–water partition coefficient (Wildman–Crippen LogP) is 3.55.